The Morgan fingerprint density at radius 1 is 1.15 bits per heavy atom. The molecular formula is C16H20N4O6. The van der Waals surface area contributed by atoms with Gasteiger partial charge in [-0.3, -0.25) is 10.1 Å². The Balaban J connectivity index is 1.95. The van der Waals surface area contributed by atoms with Gasteiger partial charge in [-0.1, -0.05) is 30.3 Å². The molecule has 1 aromatic rings. The van der Waals surface area contributed by atoms with E-state index >= 15 is 0 Å². The lowest BCUT2D eigenvalue weighted by Crippen LogP contribution is -2.46. The second kappa shape index (κ2) is 9.17. The summed E-state index contributed by atoms with van der Waals surface area (Å²) in [4.78, 5) is 15.8. The molecule has 7 N–H and O–H groups in total. The van der Waals surface area contributed by atoms with Gasteiger partial charge in [0.2, 0.25) is 5.96 Å². The van der Waals surface area contributed by atoms with E-state index < -0.39 is 36.9 Å². The molecule has 2 rings (SSSR count). The fourth-order valence-electron chi connectivity index (χ4n) is 2.03. The molecule has 0 fully saturated rings. The van der Waals surface area contributed by atoms with Gasteiger partial charge in [-0.15, -0.1) is 0 Å². The van der Waals surface area contributed by atoms with Crippen LogP contribution >= 0.6 is 0 Å². The average Bonchev–Trinajstić information content (AvgIpc) is 2.99. The summed E-state index contributed by atoms with van der Waals surface area (Å²) < 4.78 is 0. The van der Waals surface area contributed by atoms with Crippen LogP contribution in [0.2, 0.25) is 0 Å². The van der Waals surface area contributed by atoms with Crippen molar-refractivity contribution in [3.63, 3.8) is 0 Å². The lowest BCUT2D eigenvalue weighted by atomic mass is 10.0. The molecule has 1 heterocycles. The number of carbonyl (C=O) groups is 1. The topological polar surface area (TPSA) is 167 Å². The number of amides is 1. The number of nitrogens with one attached hydrogen (secondary N) is 2. The van der Waals surface area contributed by atoms with E-state index in [9.17, 15) is 25.2 Å². The maximum atomic E-state index is 11.8. The molecule has 1 amide bonds. The quantitative estimate of drug-likeness (QED) is 0.160. The zero-order valence-corrected chi connectivity index (χ0v) is 13.6. The smallest absolute Gasteiger partial charge is 0.276 e. The molecule has 1 aromatic carbocycles. The van der Waals surface area contributed by atoms with Crippen LogP contribution in [0, 0.1) is 0 Å². The Morgan fingerprint density at radius 3 is 2.50 bits per heavy atom. The second-order valence-corrected chi connectivity index (χ2v) is 5.47. The largest absolute Gasteiger partial charge is 0.394 e. The summed E-state index contributed by atoms with van der Waals surface area (Å²) in [7, 11) is 0. The van der Waals surface area contributed by atoms with Crippen molar-refractivity contribution >= 4 is 24.2 Å². The first-order valence-corrected chi connectivity index (χ1v) is 7.71. The van der Waals surface area contributed by atoms with E-state index in [-0.39, 0.29) is 11.7 Å². The van der Waals surface area contributed by atoms with Crippen molar-refractivity contribution in [1.29, 1.82) is 0 Å². The molecule has 0 saturated carbocycles. The van der Waals surface area contributed by atoms with Crippen LogP contribution < -0.4 is 10.7 Å². The third-order valence-electron chi connectivity index (χ3n) is 3.48. The number of benzene rings is 1. The molecule has 0 aliphatic carbocycles. The summed E-state index contributed by atoms with van der Waals surface area (Å²) in [6, 6.07) is 9.10. The van der Waals surface area contributed by atoms with E-state index in [1.807, 2.05) is 30.3 Å². The summed E-state index contributed by atoms with van der Waals surface area (Å²) in [5.41, 5.74) is 3.33. The van der Waals surface area contributed by atoms with E-state index in [0.29, 0.717) is 0 Å². The molecule has 4 atom stereocenters. The Morgan fingerprint density at radius 2 is 1.85 bits per heavy atom. The van der Waals surface area contributed by atoms with Crippen molar-refractivity contribution in [2.24, 2.45) is 10.1 Å². The molecule has 0 aromatic heterocycles. The van der Waals surface area contributed by atoms with Crippen molar-refractivity contribution in [2.75, 3.05) is 6.61 Å². The van der Waals surface area contributed by atoms with Crippen molar-refractivity contribution in [1.82, 2.24) is 10.7 Å². The molecule has 4 unspecified atom stereocenters. The van der Waals surface area contributed by atoms with Gasteiger partial charge in [-0.2, -0.15) is 5.10 Å². The standard InChI is InChI=1S/C16H20N4O6/c21-8-12(23)14(25)13(24)11(22)7-17-20-16-18-10(15(26)19-16)6-9-4-2-1-3-5-9/h1-7,11-14,21-25H,8H2,(H2,18,19,20,26)/b10-6+,17-7-. The maximum absolute atomic E-state index is 11.8. The number of aliphatic imine (C=N–C) groups is 1. The van der Waals surface area contributed by atoms with Gasteiger partial charge in [0.25, 0.3) is 5.91 Å². The summed E-state index contributed by atoms with van der Waals surface area (Å²) >= 11 is 0. The molecule has 26 heavy (non-hydrogen) atoms. The predicted molar refractivity (Wildman–Crippen MR) is 92.7 cm³/mol. The molecule has 1 aliphatic heterocycles. The number of aliphatic hydroxyl groups is 5. The molecule has 0 radical (unpaired) electrons. The Bertz CT molecular complexity index is 706. The normalized spacial score (nSPS) is 20.6. The van der Waals surface area contributed by atoms with Gasteiger partial charge in [0.1, 0.15) is 30.1 Å². The highest BCUT2D eigenvalue weighted by Crippen LogP contribution is 2.11. The highest BCUT2D eigenvalue weighted by molar-refractivity contribution is 6.13. The van der Waals surface area contributed by atoms with Gasteiger partial charge in [0.15, 0.2) is 0 Å². The second-order valence-electron chi connectivity index (χ2n) is 5.47. The number of guanidine groups is 1. The minimum Gasteiger partial charge on any atom is -0.394 e. The fraction of sp³-hybridized carbons (Fsp3) is 0.312. The molecule has 1 aliphatic rings. The van der Waals surface area contributed by atoms with E-state index in [2.05, 4.69) is 20.8 Å². The van der Waals surface area contributed by atoms with Crippen LogP contribution in [-0.2, 0) is 4.79 Å². The molecule has 10 nitrogen and oxygen atoms in total. The Kier molecular flexibility index (Phi) is 6.95. The SMILES string of the molecule is O=C1NC(N/N=C\C(O)C(O)C(O)C(O)CO)=N/C1=C/c1ccccc1. The lowest BCUT2D eigenvalue weighted by molar-refractivity contribution is -0.115. The van der Waals surface area contributed by atoms with Crippen molar-refractivity contribution in [3.8, 4) is 0 Å². The van der Waals surface area contributed by atoms with Crippen molar-refractivity contribution in [3.05, 3.63) is 41.6 Å². The van der Waals surface area contributed by atoms with Gasteiger partial charge < -0.3 is 25.5 Å². The predicted octanol–water partition coefficient (Wildman–Crippen LogP) is -2.48. The number of carbonyl (C=O) groups excluding carboxylic acids is 1. The van der Waals surface area contributed by atoms with E-state index in [4.69, 9.17) is 5.11 Å². The zero-order valence-electron chi connectivity index (χ0n) is 13.6. The third kappa shape index (κ3) is 5.18. The van der Waals surface area contributed by atoms with Gasteiger partial charge in [0, 0.05) is 0 Å². The molecule has 0 saturated heterocycles. The van der Waals surface area contributed by atoms with Gasteiger partial charge in [-0.25, -0.2) is 10.4 Å². The fourth-order valence-corrected chi connectivity index (χ4v) is 2.03. The van der Waals surface area contributed by atoms with Gasteiger partial charge in [0.05, 0.1) is 12.8 Å². The summed E-state index contributed by atoms with van der Waals surface area (Å²) in [6.45, 7) is -0.778. The lowest BCUT2D eigenvalue weighted by Gasteiger charge is -2.23. The monoisotopic (exact) mass is 364 g/mol. The summed E-state index contributed by atoms with van der Waals surface area (Å²) in [6.07, 6.45) is -4.33. The van der Waals surface area contributed by atoms with Gasteiger partial charge in [-0.05, 0) is 11.6 Å². The number of aliphatic hydroxyl groups excluding tert-OH is 5. The maximum Gasteiger partial charge on any atom is 0.276 e. The zero-order chi connectivity index (χ0) is 19.1. The molecule has 140 valence electrons. The summed E-state index contributed by atoms with van der Waals surface area (Å²) in [5.74, 6) is -0.417. The highest BCUT2D eigenvalue weighted by atomic mass is 16.4. The number of hydrogen-bond donors (Lipinski definition) is 7. The van der Waals surface area contributed by atoms with Crippen LogP contribution in [0.3, 0.4) is 0 Å². The third-order valence-corrected chi connectivity index (χ3v) is 3.48. The Hall–Kier alpha value is -2.63. The number of rotatable bonds is 7. The highest BCUT2D eigenvalue weighted by Gasteiger charge is 2.29. The minimum atomic E-state index is -1.77. The minimum absolute atomic E-state index is 0.0195. The molecule has 10 heteroatoms. The number of hydrogen-bond acceptors (Lipinski definition) is 9. The first-order valence-electron chi connectivity index (χ1n) is 7.71. The van der Waals surface area contributed by atoms with Crippen LogP contribution in [-0.4, -0.2) is 74.6 Å². The molecular weight excluding hydrogens is 344 g/mol. The first kappa shape index (κ1) is 19.7. The van der Waals surface area contributed by atoms with Gasteiger partial charge >= 0.3 is 0 Å². The van der Waals surface area contributed by atoms with Crippen molar-refractivity contribution in [2.45, 2.75) is 24.4 Å². The average molecular weight is 364 g/mol. The van der Waals surface area contributed by atoms with Crippen LogP contribution in [0.15, 0.2) is 46.1 Å². The van der Waals surface area contributed by atoms with E-state index in [0.717, 1.165) is 11.8 Å². The van der Waals surface area contributed by atoms with Crippen LogP contribution in [0.1, 0.15) is 5.56 Å². The molecule has 0 bridgehead atoms. The van der Waals surface area contributed by atoms with E-state index in [1.54, 1.807) is 6.08 Å². The number of hydrazone groups is 1. The molecule has 0 spiro atoms. The van der Waals surface area contributed by atoms with Crippen molar-refractivity contribution < 1.29 is 30.3 Å². The first-order chi connectivity index (χ1) is 12.4. The Labute approximate surface area is 148 Å². The van der Waals surface area contributed by atoms with E-state index in [1.165, 1.54) is 0 Å². The van der Waals surface area contributed by atoms with Crippen LogP contribution in [0.5, 0.6) is 0 Å². The van der Waals surface area contributed by atoms with Crippen LogP contribution in [0.25, 0.3) is 6.08 Å². The summed E-state index contributed by atoms with van der Waals surface area (Å²) in [5, 5.41) is 52.7. The number of nitrogens with zero attached hydrogens (tertiary/aromatic N) is 2. The van der Waals surface area contributed by atoms with Crippen LogP contribution in [0.4, 0.5) is 0 Å².